The first-order valence-electron chi connectivity index (χ1n) is 11.2. The topological polar surface area (TPSA) is 75.5 Å². The van der Waals surface area contributed by atoms with E-state index in [-0.39, 0.29) is 17.9 Å². The van der Waals surface area contributed by atoms with Crippen LogP contribution in [0.3, 0.4) is 0 Å². The van der Waals surface area contributed by atoms with Crippen molar-refractivity contribution < 1.29 is 23.5 Å². The maximum Gasteiger partial charge on any atom is 0.257 e. The molecule has 1 aromatic heterocycles. The molecule has 2 aromatic rings. The van der Waals surface area contributed by atoms with Gasteiger partial charge in [-0.25, -0.2) is 0 Å². The quantitative estimate of drug-likeness (QED) is 0.682. The molecule has 4 rings (SSSR count). The zero-order chi connectivity index (χ0) is 22.3. The number of carbonyl (C=O) groups is 2. The van der Waals surface area contributed by atoms with E-state index < -0.39 is 0 Å². The molecule has 2 saturated heterocycles. The summed E-state index contributed by atoms with van der Waals surface area (Å²) in [6.07, 6.45) is 4.31. The molecule has 8 heteroatoms. The van der Waals surface area contributed by atoms with Crippen molar-refractivity contribution >= 4 is 11.8 Å². The monoisotopic (exact) mass is 441 g/mol. The highest BCUT2D eigenvalue weighted by atomic mass is 16.5. The molecule has 2 aliphatic heterocycles. The predicted molar refractivity (Wildman–Crippen MR) is 119 cm³/mol. The van der Waals surface area contributed by atoms with Crippen LogP contribution in [0.25, 0.3) is 0 Å². The normalized spacial score (nSPS) is 20.1. The molecule has 172 valence electrons. The van der Waals surface area contributed by atoms with E-state index in [4.69, 9.17) is 13.9 Å². The lowest BCUT2D eigenvalue weighted by molar-refractivity contribution is -0.130. The largest absolute Gasteiger partial charge is 0.497 e. The number of ether oxygens (including phenoxy) is 2. The van der Waals surface area contributed by atoms with Gasteiger partial charge in [-0.15, -0.1) is 0 Å². The van der Waals surface area contributed by atoms with Crippen LogP contribution in [0.5, 0.6) is 5.75 Å². The van der Waals surface area contributed by atoms with Gasteiger partial charge in [-0.2, -0.15) is 0 Å². The Bertz CT molecular complexity index is 884. The van der Waals surface area contributed by atoms with Crippen molar-refractivity contribution in [3.63, 3.8) is 0 Å². The third kappa shape index (κ3) is 5.69. The second-order valence-electron chi connectivity index (χ2n) is 8.32. The van der Waals surface area contributed by atoms with Crippen molar-refractivity contribution in [3.05, 3.63) is 54.0 Å². The molecule has 2 amide bonds. The number of nitrogens with zero attached hydrogens (tertiary/aromatic N) is 3. The van der Waals surface area contributed by atoms with Crippen LogP contribution >= 0.6 is 0 Å². The number of methoxy groups -OCH3 is 1. The summed E-state index contributed by atoms with van der Waals surface area (Å²) >= 11 is 0. The second-order valence-corrected chi connectivity index (χ2v) is 8.32. The standard InChI is InChI=1S/C24H31N3O5/c1-30-21-5-3-19(4-6-21)15-23(28)26-9-2-8-25(10-11-26)16-22-17-27(12-14-32-22)24(29)20-7-13-31-18-20/h3-7,13,18,22H,2,8-12,14-17H2,1H3. The number of morpholine rings is 1. The molecule has 2 fully saturated rings. The summed E-state index contributed by atoms with van der Waals surface area (Å²) in [6, 6.07) is 9.35. The highest BCUT2D eigenvalue weighted by molar-refractivity contribution is 5.93. The van der Waals surface area contributed by atoms with Crippen molar-refractivity contribution in [1.29, 1.82) is 0 Å². The predicted octanol–water partition coefficient (Wildman–Crippen LogP) is 1.91. The van der Waals surface area contributed by atoms with Gasteiger partial charge >= 0.3 is 0 Å². The van der Waals surface area contributed by atoms with Gasteiger partial charge in [0.15, 0.2) is 0 Å². The summed E-state index contributed by atoms with van der Waals surface area (Å²) < 4.78 is 16.2. The van der Waals surface area contributed by atoms with Gasteiger partial charge in [0, 0.05) is 39.3 Å². The Morgan fingerprint density at radius 1 is 1.03 bits per heavy atom. The Morgan fingerprint density at radius 2 is 1.88 bits per heavy atom. The summed E-state index contributed by atoms with van der Waals surface area (Å²) in [6.45, 7) is 5.66. The third-order valence-corrected chi connectivity index (χ3v) is 6.11. The van der Waals surface area contributed by atoms with Crippen LogP contribution < -0.4 is 4.74 Å². The highest BCUT2D eigenvalue weighted by Crippen LogP contribution is 2.15. The molecule has 32 heavy (non-hydrogen) atoms. The van der Waals surface area contributed by atoms with E-state index in [0.29, 0.717) is 38.2 Å². The van der Waals surface area contributed by atoms with Crippen LogP contribution in [-0.2, 0) is 16.0 Å². The molecule has 0 saturated carbocycles. The fraction of sp³-hybridized carbons (Fsp3) is 0.500. The first kappa shape index (κ1) is 22.4. The van der Waals surface area contributed by atoms with Crippen LogP contribution in [0, 0.1) is 0 Å². The maximum atomic E-state index is 12.8. The Kier molecular flexibility index (Phi) is 7.44. The SMILES string of the molecule is COc1ccc(CC(=O)N2CCCN(CC3CN(C(=O)c4ccoc4)CCO3)CC2)cc1. The van der Waals surface area contributed by atoms with E-state index in [1.807, 2.05) is 34.1 Å². The zero-order valence-electron chi connectivity index (χ0n) is 18.6. The summed E-state index contributed by atoms with van der Waals surface area (Å²) in [5.74, 6) is 0.933. The van der Waals surface area contributed by atoms with Gasteiger partial charge in [0.2, 0.25) is 5.91 Å². The molecule has 0 aliphatic carbocycles. The first-order valence-corrected chi connectivity index (χ1v) is 11.2. The van der Waals surface area contributed by atoms with Crippen molar-refractivity contribution in [3.8, 4) is 5.75 Å². The molecule has 3 heterocycles. The molecule has 1 aromatic carbocycles. The fourth-order valence-electron chi connectivity index (χ4n) is 4.30. The van der Waals surface area contributed by atoms with E-state index in [2.05, 4.69) is 4.90 Å². The highest BCUT2D eigenvalue weighted by Gasteiger charge is 2.28. The van der Waals surface area contributed by atoms with Gasteiger partial charge in [-0.1, -0.05) is 12.1 Å². The molecule has 2 aliphatic rings. The van der Waals surface area contributed by atoms with Gasteiger partial charge in [-0.05, 0) is 36.7 Å². The molecular weight excluding hydrogens is 410 g/mol. The number of hydrogen-bond acceptors (Lipinski definition) is 6. The Balaban J connectivity index is 1.25. The number of furan rings is 1. The molecule has 1 unspecified atom stereocenters. The van der Waals surface area contributed by atoms with Crippen LogP contribution in [0.2, 0.25) is 0 Å². The third-order valence-electron chi connectivity index (χ3n) is 6.11. The Labute approximate surface area is 188 Å². The molecule has 8 nitrogen and oxygen atoms in total. The van der Waals surface area contributed by atoms with Crippen molar-refractivity contribution in [2.24, 2.45) is 0 Å². The molecule has 0 spiro atoms. The Morgan fingerprint density at radius 3 is 2.62 bits per heavy atom. The minimum absolute atomic E-state index is 0.0155. The van der Waals surface area contributed by atoms with Crippen LogP contribution in [0.1, 0.15) is 22.3 Å². The smallest absolute Gasteiger partial charge is 0.257 e. The number of rotatable bonds is 6. The second kappa shape index (κ2) is 10.7. The first-order chi connectivity index (χ1) is 15.6. The number of benzene rings is 1. The number of amides is 2. The van der Waals surface area contributed by atoms with E-state index in [1.54, 1.807) is 13.2 Å². The van der Waals surface area contributed by atoms with Gasteiger partial charge < -0.3 is 23.7 Å². The van der Waals surface area contributed by atoms with Gasteiger partial charge in [0.1, 0.15) is 12.0 Å². The lowest BCUT2D eigenvalue weighted by Gasteiger charge is -2.35. The minimum atomic E-state index is -0.0267. The number of hydrogen-bond donors (Lipinski definition) is 0. The fourth-order valence-corrected chi connectivity index (χ4v) is 4.30. The molecule has 0 bridgehead atoms. The molecule has 0 radical (unpaired) electrons. The summed E-state index contributed by atoms with van der Waals surface area (Å²) in [5, 5.41) is 0. The van der Waals surface area contributed by atoms with E-state index >= 15 is 0 Å². The van der Waals surface area contributed by atoms with Crippen LogP contribution in [-0.4, -0.2) is 92.1 Å². The molecule has 0 N–H and O–H groups in total. The van der Waals surface area contributed by atoms with Crippen molar-refractivity contribution in [2.75, 3.05) is 59.5 Å². The van der Waals surface area contributed by atoms with Crippen molar-refractivity contribution in [2.45, 2.75) is 18.9 Å². The summed E-state index contributed by atoms with van der Waals surface area (Å²) in [7, 11) is 1.64. The van der Waals surface area contributed by atoms with Crippen LogP contribution in [0.15, 0.2) is 47.3 Å². The van der Waals surface area contributed by atoms with E-state index in [9.17, 15) is 9.59 Å². The van der Waals surface area contributed by atoms with Crippen LogP contribution in [0.4, 0.5) is 0 Å². The summed E-state index contributed by atoms with van der Waals surface area (Å²) in [5.41, 5.74) is 1.57. The zero-order valence-corrected chi connectivity index (χ0v) is 18.6. The van der Waals surface area contributed by atoms with Gasteiger partial charge in [0.05, 0.1) is 38.1 Å². The average molecular weight is 442 g/mol. The number of carbonyl (C=O) groups excluding carboxylic acids is 2. The molecular formula is C24H31N3O5. The van der Waals surface area contributed by atoms with Gasteiger partial charge in [0.25, 0.3) is 5.91 Å². The van der Waals surface area contributed by atoms with Gasteiger partial charge in [-0.3, -0.25) is 14.5 Å². The van der Waals surface area contributed by atoms with Crippen molar-refractivity contribution in [1.82, 2.24) is 14.7 Å². The molecule has 1 atom stereocenters. The average Bonchev–Trinajstić information content (AvgIpc) is 3.26. The minimum Gasteiger partial charge on any atom is -0.497 e. The maximum absolute atomic E-state index is 12.8. The summed E-state index contributed by atoms with van der Waals surface area (Å²) in [4.78, 5) is 31.5. The Hall–Kier alpha value is -2.84. The lowest BCUT2D eigenvalue weighted by Crippen LogP contribution is -2.50. The van der Waals surface area contributed by atoms with E-state index in [0.717, 1.165) is 43.9 Å². The lowest BCUT2D eigenvalue weighted by atomic mass is 10.1. The van der Waals surface area contributed by atoms with E-state index in [1.165, 1.54) is 12.5 Å².